The van der Waals surface area contributed by atoms with Crippen molar-refractivity contribution in [1.82, 2.24) is 15.1 Å². The van der Waals surface area contributed by atoms with Crippen molar-refractivity contribution in [2.75, 3.05) is 6.61 Å². The van der Waals surface area contributed by atoms with Crippen LogP contribution in [0.15, 0.2) is 30.3 Å². The topological polar surface area (TPSA) is 50.1 Å². The molecule has 0 radical (unpaired) electrons. The fourth-order valence-electron chi connectivity index (χ4n) is 2.35. The molecule has 1 unspecified atom stereocenters. The summed E-state index contributed by atoms with van der Waals surface area (Å²) in [4.78, 5) is 0. The van der Waals surface area contributed by atoms with Gasteiger partial charge in [0.25, 0.3) is 0 Å². The van der Waals surface area contributed by atoms with Gasteiger partial charge in [-0.3, -0.25) is 4.68 Å². The van der Waals surface area contributed by atoms with Gasteiger partial charge in [0.05, 0.1) is 23.0 Å². The van der Waals surface area contributed by atoms with Crippen molar-refractivity contribution in [1.29, 1.82) is 0 Å². The summed E-state index contributed by atoms with van der Waals surface area (Å²) in [5, 5.41) is 18.0. The Morgan fingerprint density at radius 2 is 2.05 bits per heavy atom. The summed E-state index contributed by atoms with van der Waals surface area (Å²) in [6, 6.07) is 10.1. The van der Waals surface area contributed by atoms with Crippen LogP contribution in [-0.4, -0.2) is 27.5 Å². The average molecular weight is 308 g/mol. The van der Waals surface area contributed by atoms with Gasteiger partial charge >= 0.3 is 0 Å². The van der Waals surface area contributed by atoms with Crippen LogP contribution in [0, 0.1) is 0 Å². The van der Waals surface area contributed by atoms with Crippen LogP contribution in [0.25, 0.3) is 0 Å². The Labute approximate surface area is 130 Å². The van der Waals surface area contributed by atoms with Gasteiger partial charge in [0, 0.05) is 19.6 Å². The molecular formula is C16H22ClN3O. The zero-order chi connectivity index (χ0) is 15.2. The predicted molar refractivity (Wildman–Crippen MR) is 85.5 cm³/mol. The highest BCUT2D eigenvalue weighted by molar-refractivity contribution is 6.31. The lowest BCUT2D eigenvalue weighted by molar-refractivity contribution is 0.240. The van der Waals surface area contributed by atoms with Crippen molar-refractivity contribution < 1.29 is 5.11 Å². The van der Waals surface area contributed by atoms with Crippen molar-refractivity contribution >= 4 is 11.6 Å². The number of rotatable bonds is 7. The molecule has 1 aromatic carbocycles. The van der Waals surface area contributed by atoms with Gasteiger partial charge in [0.15, 0.2) is 0 Å². The Morgan fingerprint density at radius 3 is 2.62 bits per heavy atom. The Morgan fingerprint density at radius 1 is 1.33 bits per heavy atom. The first-order chi connectivity index (χ1) is 10.2. The Hall–Kier alpha value is -1.36. The van der Waals surface area contributed by atoms with Crippen LogP contribution in [0.5, 0.6) is 0 Å². The molecule has 0 aliphatic heterocycles. The van der Waals surface area contributed by atoms with E-state index in [9.17, 15) is 5.11 Å². The number of aryl methyl sites for hydroxylation is 2. The van der Waals surface area contributed by atoms with E-state index in [0.717, 1.165) is 29.3 Å². The van der Waals surface area contributed by atoms with Gasteiger partial charge in [-0.25, -0.2) is 0 Å². The highest BCUT2D eigenvalue weighted by Crippen LogP contribution is 2.20. The van der Waals surface area contributed by atoms with E-state index in [1.54, 1.807) is 0 Å². The third kappa shape index (κ3) is 4.06. The van der Waals surface area contributed by atoms with E-state index in [1.165, 1.54) is 5.56 Å². The minimum absolute atomic E-state index is 0.00319. The molecule has 1 heterocycles. The standard InChI is InChI=1S/C16H22ClN3O/c1-3-14-16(17)15(20(2)19-14)10-18-13(11-21)9-12-7-5-4-6-8-12/h4-8,13,18,21H,3,9-11H2,1-2H3. The van der Waals surface area contributed by atoms with Gasteiger partial charge in [-0.1, -0.05) is 48.9 Å². The second-order valence-corrected chi connectivity index (χ2v) is 5.51. The molecule has 0 aliphatic rings. The minimum Gasteiger partial charge on any atom is -0.395 e. The lowest BCUT2D eigenvalue weighted by atomic mass is 10.1. The van der Waals surface area contributed by atoms with E-state index in [0.29, 0.717) is 6.54 Å². The number of aliphatic hydroxyl groups is 1. The molecule has 114 valence electrons. The second-order valence-electron chi connectivity index (χ2n) is 5.13. The number of halogens is 1. The molecule has 0 saturated heterocycles. The SMILES string of the molecule is CCc1nn(C)c(CNC(CO)Cc2ccccc2)c1Cl. The number of hydrogen-bond donors (Lipinski definition) is 2. The predicted octanol–water partition coefficient (Wildman–Crippen LogP) is 2.33. The van der Waals surface area contributed by atoms with Crippen LogP contribution in [0.4, 0.5) is 0 Å². The molecule has 2 N–H and O–H groups in total. The molecule has 5 heteroatoms. The summed E-state index contributed by atoms with van der Waals surface area (Å²) in [5.74, 6) is 0. The van der Waals surface area contributed by atoms with Gasteiger partial charge < -0.3 is 10.4 Å². The van der Waals surface area contributed by atoms with E-state index in [2.05, 4.69) is 22.5 Å². The largest absolute Gasteiger partial charge is 0.395 e. The van der Waals surface area contributed by atoms with Crippen LogP contribution in [0.1, 0.15) is 23.9 Å². The molecule has 4 nitrogen and oxygen atoms in total. The van der Waals surface area contributed by atoms with Gasteiger partial charge in [0.2, 0.25) is 0 Å². The zero-order valence-corrected chi connectivity index (χ0v) is 13.3. The van der Waals surface area contributed by atoms with Crippen LogP contribution in [-0.2, 0) is 26.4 Å². The number of aromatic nitrogens is 2. The first kappa shape index (κ1) is 16.0. The molecule has 1 aromatic heterocycles. The van der Waals surface area contributed by atoms with Crippen molar-refractivity contribution in [3.63, 3.8) is 0 Å². The van der Waals surface area contributed by atoms with Gasteiger partial charge in [-0.15, -0.1) is 0 Å². The van der Waals surface area contributed by atoms with E-state index in [4.69, 9.17) is 11.6 Å². The Kier molecular flexibility index (Phi) is 5.79. The van der Waals surface area contributed by atoms with Gasteiger partial charge in [0.1, 0.15) is 0 Å². The third-order valence-electron chi connectivity index (χ3n) is 3.61. The first-order valence-corrected chi connectivity index (χ1v) is 7.61. The van der Waals surface area contributed by atoms with Crippen molar-refractivity contribution in [2.45, 2.75) is 32.4 Å². The molecule has 2 aromatic rings. The number of aliphatic hydroxyl groups excluding tert-OH is 1. The van der Waals surface area contributed by atoms with Crippen LogP contribution < -0.4 is 5.32 Å². The highest BCUT2D eigenvalue weighted by Gasteiger charge is 2.15. The van der Waals surface area contributed by atoms with Crippen LogP contribution in [0.2, 0.25) is 5.02 Å². The average Bonchev–Trinajstić information content (AvgIpc) is 2.79. The minimum atomic E-state index is 0.00319. The maximum Gasteiger partial charge on any atom is 0.0863 e. The maximum absolute atomic E-state index is 9.54. The lowest BCUT2D eigenvalue weighted by Crippen LogP contribution is -2.34. The van der Waals surface area contributed by atoms with Crippen molar-refractivity contribution in [3.05, 3.63) is 52.3 Å². The molecule has 2 rings (SSSR count). The quantitative estimate of drug-likeness (QED) is 0.825. The molecule has 0 fully saturated rings. The maximum atomic E-state index is 9.54. The molecule has 21 heavy (non-hydrogen) atoms. The molecular weight excluding hydrogens is 286 g/mol. The zero-order valence-electron chi connectivity index (χ0n) is 12.5. The smallest absolute Gasteiger partial charge is 0.0863 e. The Bertz CT molecular complexity index is 568. The summed E-state index contributed by atoms with van der Waals surface area (Å²) in [6.07, 6.45) is 1.60. The van der Waals surface area contributed by atoms with Crippen LogP contribution >= 0.6 is 11.6 Å². The summed E-state index contributed by atoms with van der Waals surface area (Å²) >= 11 is 6.33. The number of benzene rings is 1. The van der Waals surface area contributed by atoms with Gasteiger partial charge in [-0.05, 0) is 18.4 Å². The summed E-state index contributed by atoms with van der Waals surface area (Å²) in [7, 11) is 1.90. The molecule has 0 bridgehead atoms. The summed E-state index contributed by atoms with van der Waals surface area (Å²) in [5.41, 5.74) is 3.08. The number of nitrogens with zero attached hydrogens (tertiary/aromatic N) is 2. The molecule has 0 aliphatic carbocycles. The monoisotopic (exact) mass is 307 g/mol. The molecule has 0 saturated carbocycles. The fourth-order valence-corrected chi connectivity index (χ4v) is 2.71. The number of hydrogen-bond acceptors (Lipinski definition) is 3. The molecule has 0 amide bonds. The highest BCUT2D eigenvalue weighted by atomic mass is 35.5. The van der Waals surface area contributed by atoms with E-state index >= 15 is 0 Å². The van der Waals surface area contributed by atoms with E-state index in [-0.39, 0.29) is 12.6 Å². The van der Waals surface area contributed by atoms with E-state index in [1.807, 2.05) is 36.9 Å². The van der Waals surface area contributed by atoms with E-state index < -0.39 is 0 Å². The normalized spacial score (nSPS) is 12.6. The van der Waals surface area contributed by atoms with Crippen molar-refractivity contribution in [3.8, 4) is 0 Å². The second kappa shape index (κ2) is 7.59. The van der Waals surface area contributed by atoms with Crippen LogP contribution in [0.3, 0.4) is 0 Å². The molecule has 1 atom stereocenters. The third-order valence-corrected chi connectivity index (χ3v) is 4.04. The van der Waals surface area contributed by atoms with Crippen molar-refractivity contribution in [2.24, 2.45) is 7.05 Å². The summed E-state index contributed by atoms with van der Waals surface area (Å²) < 4.78 is 1.81. The molecule has 0 spiro atoms. The lowest BCUT2D eigenvalue weighted by Gasteiger charge is -2.16. The first-order valence-electron chi connectivity index (χ1n) is 7.24. The van der Waals surface area contributed by atoms with Gasteiger partial charge in [-0.2, -0.15) is 5.10 Å². The Balaban J connectivity index is 1.99. The number of nitrogens with one attached hydrogen (secondary N) is 1. The fraction of sp³-hybridized carbons (Fsp3) is 0.438. The summed E-state index contributed by atoms with van der Waals surface area (Å²) in [6.45, 7) is 2.72.